The van der Waals surface area contributed by atoms with Gasteiger partial charge in [-0.25, -0.2) is 14.4 Å². The lowest BCUT2D eigenvalue weighted by Crippen LogP contribution is -2.62. The smallest absolute Gasteiger partial charge is 0.408 e. The lowest BCUT2D eigenvalue weighted by atomic mass is 9.94. The molecule has 0 heterocycles. The second-order valence-electron chi connectivity index (χ2n) is 16.3. The van der Waals surface area contributed by atoms with Crippen LogP contribution in [-0.2, 0) is 23.8 Å². The number of hydrogen-bond donors (Lipinski definition) is 8. The van der Waals surface area contributed by atoms with Crippen LogP contribution in [0.2, 0.25) is 0 Å². The van der Waals surface area contributed by atoms with Crippen LogP contribution in [0.25, 0.3) is 0 Å². The number of aliphatic hydroxyl groups excluding tert-OH is 4. The van der Waals surface area contributed by atoms with Crippen LogP contribution < -0.4 is 21.7 Å². The highest BCUT2D eigenvalue weighted by atomic mass is 16.6. The van der Waals surface area contributed by atoms with Gasteiger partial charge in [-0.15, -0.1) is 0 Å². The number of esters is 2. The normalized spacial score (nSPS) is 13.6. The first-order chi connectivity index (χ1) is 29.3. The van der Waals surface area contributed by atoms with E-state index in [4.69, 9.17) is 30.2 Å². The van der Waals surface area contributed by atoms with E-state index in [2.05, 4.69) is 63.3 Å². The quantitative estimate of drug-likeness (QED) is 0.0811. The van der Waals surface area contributed by atoms with Crippen molar-refractivity contribution in [3.05, 3.63) is 70.8 Å². The molecular formula is C47H60N4O12. The SMILES string of the molecule is COC(=O)[C@@H](NC(=O)c1ccc(C#CC#CC(C)C(O)CO)cc1)C(C)(C)N.COC(=O)[C@@H](NC(=O)c1ccc(C#CC#CC(C)C(O)CO)cc1)C(C)(C)NC(=O)OC(C)(C)C. The Morgan fingerprint density at radius 1 is 0.635 bits per heavy atom. The minimum Gasteiger partial charge on any atom is -0.467 e. The van der Waals surface area contributed by atoms with Crippen molar-refractivity contribution in [3.63, 3.8) is 0 Å². The molecule has 2 rings (SSSR count). The number of carbonyl (C=O) groups excluding carboxylic acids is 5. The zero-order valence-corrected chi connectivity index (χ0v) is 37.6. The number of nitrogens with two attached hydrogens (primary N) is 1. The average Bonchev–Trinajstić information content (AvgIpc) is 3.22. The largest absolute Gasteiger partial charge is 0.467 e. The molecule has 3 amide bonds. The van der Waals surface area contributed by atoms with E-state index >= 15 is 0 Å². The van der Waals surface area contributed by atoms with Gasteiger partial charge in [0.25, 0.3) is 11.8 Å². The van der Waals surface area contributed by atoms with E-state index in [0.717, 1.165) is 0 Å². The molecule has 6 atom stereocenters. The Hall–Kier alpha value is -6.37. The second-order valence-corrected chi connectivity index (χ2v) is 16.3. The number of aliphatic hydroxyl groups is 4. The van der Waals surface area contributed by atoms with Crippen LogP contribution in [0.5, 0.6) is 0 Å². The van der Waals surface area contributed by atoms with Crippen molar-refractivity contribution in [3.8, 4) is 47.4 Å². The lowest BCUT2D eigenvalue weighted by Gasteiger charge is -2.34. The molecule has 0 aromatic heterocycles. The maximum absolute atomic E-state index is 12.8. The Morgan fingerprint density at radius 2 is 1.00 bits per heavy atom. The number of benzene rings is 2. The minimum absolute atomic E-state index is 0.267. The van der Waals surface area contributed by atoms with E-state index in [9.17, 15) is 34.2 Å². The number of carbonyl (C=O) groups is 5. The molecule has 2 aromatic rings. The third kappa shape index (κ3) is 19.9. The summed E-state index contributed by atoms with van der Waals surface area (Å²) in [5.41, 5.74) is 4.84. The molecule has 340 valence electrons. The predicted octanol–water partition coefficient (Wildman–Crippen LogP) is 1.65. The van der Waals surface area contributed by atoms with Crippen LogP contribution in [-0.4, -0.2) is 119 Å². The number of rotatable bonds is 13. The van der Waals surface area contributed by atoms with Gasteiger partial charge < -0.3 is 56.3 Å². The molecule has 0 aliphatic heterocycles. The van der Waals surface area contributed by atoms with Crippen molar-refractivity contribution >= 4 is 29.8 Å². The lowest BCUT2D eigenvalue weighted by molar-refractivity contribution is -0.145. The molecule has 4 unspecified atom stereocenters. The van der Waals surface area contributed by atoms with E-state index < -0.39 is 76.7 Å². The first-order valence-electron chi connectivity index (χ1n) is 19.7. The van der Waals surface area contributed by atoms with E-state index in [0.29, 0.717) is 16.7 Å². The molecule has 0 saturated heterocycles. The molecule has 0 aliphatic rings. The third-order valence-corrected chi connectivity index (χ3v) is 8.67. The van der Waals surface area contributed by atoms with Crippen molar-refractivity contribution in [1.29, 1.82) is 0 Å². The fraction of sp³-hybridized carbons (Fsp3) is 0.468. The Kier molecular flexibility index (Phi) is 22.2. The molecule has 0 spiro atoms. The Labute approximate surface area is 370 Å². The van der Waals surface area contributed by atoms with Crippen molar-refractivity contribution in [1.82, 2.24) is 16.0 Å². The van der Waals surface area contributed by atoms with Gasteiger partial charge in [-0.2, -0.15) is 0 Å². The maximum Gasteiger partial charge on any atom is 0.408 e. The summed E-state index contributed by atoms with van der Waals surface area (Å²) < 4.78 is 14.8. The zero-order valence-electron chi connectivity index (χ0n) is 37.6. The summed E-state index contributed by atoms with van der Waals surface area (Å²) in [7, 11) is 2.42. The van der Waals surface area contributed by atoms with Crippen LogP contribution in [0.1, 0.15) is 94.2 Å². The van der Waals surface area contributed by atoms with E-state index in [1.54, 1.807) is 98.7 Å². The molecule has 16 nitrogen and oxygen atoms in total. The monoisotopic (exact) mass is 872 g/mol. The molecule has 63 heavy (non-hydrogen) atoms. The first kappa shape index (κ1) is 54.6. The van der Waals surface area contributed by atoms with Crippen molar-refractivity contribution in [2.24, 2.45) is 17.6 Å². The standard InChI is InChI=1S/C26H34N2O7.C21H26N2O5/c1-17(20(30)16-29)10-8-9-11-18-12-14-19(15-13-18)22(31)27-21(23(32)34-7)26(5,6)28-24(33)35-25(2,3)4;1-14(17(25)13-24)7-5-6-8-15-9-11-16(12-10-15)19(26)23-18(20(27)28-4)21(2,3)22/h12-15,17,20-21,29-30H,16H2,1-7H3,(H,27,31)(H,28,33);9-12,14,17-18,24-25H,13,22H2,1-4H3,(H,23,26)/t17?,20?,21-;14?,17?,18-/m11/s1. The number of ether oxygens (including phenoxy) is 3. The average molecular weight is 873 g/mol. The van der Waals surface area contributed by atoms with Gasteiger partial charge in [0.05, 0.1) is 45.2 Å². The van der Waals surface area contributed by atoms with Gasteiger partial charge in [-0.1, -0.05) is 23.7 Å². The van der Waals surface area contributed by atoms with Crippen LogP contribution in [0.3, 0.4) is 0 Å². The van der Waals surface area contributed by atoms with Crippen LogP contribution >= 0.6 is 0 Å². The van der Waals surface area contributed by atoms with Crippen LogP contribution in [0.15, 0.2) is 48.5 Å². The third-order valence-electron chi connectivity index (χ3n) is 8.67. The van der Waals surface area contributed by atoms with Crippen molar-refractivity contribution < 1.29 is 58.6 Å². The summed E-state index contributed by atoms with van der Waals surface area (Å²) in [6.45, 7) is 14.1. The molecular weight excluding hydrogens is 813 g/mol. The van der Waals surface area contributed by atoms with Gasteiger partial charge in [-0.05, 0) is 135 Å². The van der Waals surface area contributed by atoms with Gasteiger partial charge in [0, 0.05) is 39.6 Å². The van der Waals surface area contributed by atoms with Gasteiger partial charge >= 0.3 is 18.0 Å². The molecule has 0 saturated carbocycles. The molecule has 2 aromatic carbocycles. The van der Waals surface area contributed by atoms with Crippen LogP contribution in [0.4, 0.5) is 4.79 Å². The molecule has 0 aliphatic carbocycles. The number of alkyl carbamates (subject to hydrolysis) is 1. The van der Waals surface area contributed by atoms with Gasteiger partial charge in [0.15, 0.2) is 0 Å². The van der Waals surface area contributed by atoms with Crippen LogP contribution in [0, 0.1) is 59.2 Å². The van der Waals surface area contributed by atoms with E-state index in [1.165, 1.54) is 26.4 Å². The van der Waals surface area contributed by atoms with Crippen molar-refractivity contribution in [2.75, 3.05) is 27.4 Å². The topological polar surface area (TPSA) is 256 Å². The summed E-state index contributed by atoms with van der Waals surface area (Å²) in [4.78, 5) is 61.7. The first-order valence-corrected chi connectivity index (χ1v) is 19.7. The maximum atomic E-state index is 12.8. The number of amides is 3. The van der Waals surface area contributed by atoms with Crippen molar-refractivity contribution in [2.45, 2.75) is 103 Å². The molecule has 9 N–H and O–H groups in total. The Bertz CT molecular complexity index is 2130. The summed E-state index contributed by atoms with van der Waals surface area (Å²) >= 11 is 0. The highest BCUT2D eigenvalue weighted by Crippen LogP contribution is 2.16. The number of methoxy groups -OCH3 is 2. The van der Waals surface area contributed by atoms with E-state index in [-0.39, 0.29) is 24.7 Å². The van der Waals surface area contributed by atoms with Gasteiger partial charge in [0.1, 0.15) is 17.7 Å². The molecule has 0 bridgehead atoms. The highest BCUT2D eigenvalue weighted by Gasteiger charge is 2.40. The van der Waals surface area contributed by atoms with Gasteiger partial charge in [0.2, 0.25) is 0 Å². The summed E-state index contributed by atoms with van der Waals surface area (Å²) in [6, 6.07) is 10.6. The molecule has 0 radical (unpaired) electrons. The zero-order chi connectivity index (χ0) is 48.1. The predicted molar refractivity (Wildman–Crippen MR) is 235 cm³/mol. The number of hydrogen-bond acceptors (Lipinski definition) is 13. The van der Waals surface area contributed by atoms with E-state index in [1.807, 2.05) is 0 Å². The van der Waals surface area contributed by atoms with Gasteiger partial charge in [-0.3, -0.25) is 9.59 Å². The molecule has 0 fully saturated rings. The highest BCUT2D eigenvalue weighted by molar-refractivity contribution is 5.98. The Balaban J connectivity index is 0.000000646. The fourth-order valence-electron chi connectivity index (χ4n) is 4.81. The summed E-state index contributed by atoms with van der Waals surface area (Å²) in [5.74, 6) is 18.5. The minimum atomic E-state index is -1.23. The fourth-order valence-corrected chi connectivity index (χ4v) is 4.81. The summed E-state index contributed by atoms with van der Waals surface area (Å²) in [5, 5.41) is 44.4. The Morgan fingerprint density at radius 3 is 1.33 bits per heavy atom. The summed E-state index contributed by atoms with van der Waals surface area (Å²) in [6.07, 6.45) is -2.57. The number of nitrogens with one attached hydrogen (secondary N) is 3. The second kappa shape index (κ2) is 25.5. The molecule has 16 heteroatoms.